The van der Waals surface area contributed by atoms with Crippen LogP contribution in [0, 0.1) is 15.5 Å². The van der Waals surface area contributed by atoms with E-state index < -0.39 is 46.7 Å². The minimum absolute atomic E-state index is 0.169. The Bertz CT molecular complexity index is 1000. The lowest BCUT2D eigenvalue weighted by Gasteiger charge is -2.38. The van der Waals surface area contributed by atoms with Gasteiger partial charge in [-0.1, -0.05) is 26.8 Å². The van der Waals surface area contributed by atoms with E-state index in [1.165, 1.54) is 25.1 Å². The Morgan fingerprint density at radius 3 is 2.35 bits per heavy atom. The van der Waals surface area contributed by atoms with Crippen molar-refractivity contribution >= 4 is 23.4 Å². The van der Waals surface area contributed by atoms with Gasteiger partial charge in [-0.2, -0.15) is 13.2 Å². The topological polar surface area (TPSA) is 105 Å². The van der Waals surface area contributed by atoms with Crippen LogP contribution in [0.5, 0.6) is 0 Å². The number of nitrogens with zero attached hydrogens (tertiary/aromatic N) is 3. The molecule has 0 saturated carbocycles. The highest BCUT2D eigenvalue weighted by atomic mass is 19.4. The first kappa shape index (κ1) is 30.2. The zero-order chi connectivity index (χ0) is 28.3. The van der Waals surface area contributed by atoms with Crippen molar-refractivity contribution < 1.29 is 32.4 Å². The van der Waals surface area contributed by atoms with Gasteiger partial charge in [0.05, 0.1) is 11.0 Å². The van der Waals surface area contributed by atoms with E-state index in [9.17, 15) is 32.9 Å². The predicted molar refractivity (Wildman–Crippen MR) is 133 cm³/mol. The summed E-state index contributed by atoms with van der Waals surface area (Å²) in [4.78, 5) is 38.1. The largest absolute Gasteiger partial charge is 0.471 e. The molecular weight excluding hydrogens is 493 g/mol. The standard InChI is InChI=1S/C25H37F3N4O5/c1-16(23(2,3)4)31(21(33)25(26,27)28)15-17-10-11-19(20(13-17)32(35)36)29-14-18-9-8-12-30(18)22(34)37-24(5,6)7/h10-11,13,16,18,29H,8-9,12,14-15H2,1-7H3. The molecule has 37 heavy (non-hydrogen) atoms. The fourth-order valence-electron chi connectivity index (χ4n) is 4.02. The SMILES string of the molecule is CC(N(Cc1ccc(NCC2CCCN2C(=O)OC(C)(C)C)c([N+](=O)[O-])c1)C(=O)C(F)(F)F)C(C)(C)C. The maximum Gasteiger partial charge on any atom is 0.471 e. The van der Waals surface area contributed by atoms with Crippen molar-refractivity contribution in [3.8, 4) is 0 Å². The van der Waals surface area contributed by atoms with E-state index in [1.54, 1.807) is 46.4 Å². The van der Waals surface area contributed by atoms with Crippen molar-refractivity contribution in [1.82, 2.24) is 9.80 Å². The summed E-state index contributed by atoms with van der Waals surface area (Å²) < 4.78 is 45.4. The van der Waals surface area contributed by atoms with Crippen molar-refractivity contribution in [3.63, 3.8) is 0 Å². The molecule has 1 aromatic rings. The third kappa shape index (κ3) is 8.22. The van der Waals surface area contributed by atoms with Gasteiger partial charge in [0.25, 0.3) is 5.69 Å². The molecule has 1 aliphatic rings. The van der Waals surface area contributed by atoms with Gasteiger partial charge in [0.2, 0.25) is 0 Å². The molecule has 0 radical (unpaired) electrons. The van der Waals surface area contributed by atoms with Crippen LogP contribution in [-0.2, 0) is 16.1 Å². The number of anilines is 1. The number of nitro groups is 1. The molecule has 1 aromatic carbocycles. The lowest BCUT2D eigenvalue weighted by atomic mass is 9.86. The summed E-state index contributed by atoms with van der Waals surface area (Å²) in [6, 6.07) is 3.02. The lowest BCUT2D eigenvalue weighted by molar-refractivity contribution is -0.384. The normalized spacial score (nSPS) is 17.4. The molecule has 2 rings (SSSR count). The van der Waals surface area contributed by atoms with Gasteiger partial charge in [-0.25, -0.2) is 4.79 Å². The first-order valence-corrected chi connectivity index (χ1v) is 12.2. The van der Waals surface area contributed by atoms with E-state index in [0.717, 1.165) is 6.42 Å². The molecule has 0 aliphatic carbocycles. The molecule has 2 unspecified atom stereocenters. The summed E-state index contributed by atoms with van der Waals surface area (Å²) in [5, 5.41) is 14.8. The Hall–Kier alpha value is -3.05. The maximum atomic E-state index is 13.3. The van der Waals surface area contributed by atoms with E-state index in [-0.39, 0.29) is 29.5 Å². The van der Waals surface area contributed by atoms with Gasteiger partial charge in [0, 0.05) is 31.7 Å². The van der Waals surface area contributed by atoms with Crippen LogP contribution in [0.25, 0.3) is 0 Å². The van der Waals surface area contributed by atoms with E-state index >= 15 is 0 Å². The molecule has 12 heteroatoms. The minimum Gasteiger partial charge on any atom is -0.444 e. The Kier molecular flexibility index (Phi) is 9.08. The Labute approximate surface area is 215 Å². The maximum absolute atomic E-state index is 13.3. The van der Waals surface area contributed by atoms with E-state index in [1.807, 2.05) is 0 Å². The summed E-state index contributed by atoms with van der Waals surface area (Å²) in [6.07, 6.45) is -4.07. The number of ether oxygens (including phenoxy) is 1. The lowest BCUT2D eigenvalue weighted by Crippen LogP contribution is -2.50. The van der Waals surface area contributed by atoms with E-state index in [4.69, 9.17) is 4.74 Å². The first-order valence-electron chi connectivity index (χ1n) is 12.2. The number of hydrogen-bond donors (Lipinski definition) is 1. The number of hydrogen-bond acceptors (Lipinski definition) is 6. The second-order valence-corrected chi connectivity index (χ2v) is 11.4. The van der Waals surface area contributed by atoms with Gasteiger partial charge < -0.3 is 19.9 Å². The molecule has 1 N–H and O–H groups in total. The van der Waals surface area contributed by atoms with Crippen LogP contribution in [0.1, 0.15) is 66.9 Å². The Balaban J connectivity index is 2.24. The summed E-state index contributed by atoms with van der Waals surface area (Å²) in [5.74, 6) is -2.00. The number of amides is 2. The van der Waals surface area contributed by atoms with Crippen LogP contribution < -0.4 is 5.32 Å². The van der Waals surface area contributed by atoms with Gasteiger partial charge in [0.15, 0.2) is 0 Å². The van der Waals surface area contributed by atoms with Crippen molar-refractivity contribution in [2.24, 2.45) is 5.41 Å². The van der Waals surface area contributed by atoms with Crippen LogP contribution in [0.2, 0.25) is 0 Å². The van der Waals surface area contributed by atoms with E-state index in [2.05, 4.69) is 5.32 Å². The molecule has 2 atom stereocenters. The van der Waals surface area contributed by atoms with Crippen LogP contribution in [0.4, 0.5) is 29.3 Å². The number of benzene rings is 1. The number of nitrogens with one attached hydrogen (secondary N) is 1. The average molecular weight is 531 g/mol. The number of carbonyl (C=O) groups is 2. The monoisotopic (exact) mass is 530 g/mol. The van der Waals surface area contributed by atoms with Crippen molar-refractivity contribution in [2.75, 3.05) is 18.4 Å². The van der Waals surface area contributed by atoms with Crippen molar-refractivity contribution in [3.05, 3.63) is 33.9 Å². The molecule has 1 fully saturated rings. The van der Waals surface area contributed by atoms with Crippen LogP contribution >= 0.6 is 0 Å². The van der Waals surface area contributed by atoms with Gasteiger partial charge in [-0.3, -0.25) is 14.9 Å². The molecular formula is C25H37F3N4O5. The molecule has 1 heterocycles. The van der Waals surface area contributed by atoms with Crippen LogP contribution in [0.15, 0.2) is 18.2 Å². The molecule has 1 aliphatic heterocycles. The highest BCUT2D eigenvalue weighted by molar-refractivity contribution is 5.82. The number of rotatable bonds is 7. The summed E-state index contributed by atoms with van der Waals surface area (Å²) in [7, 11) is 0. The number of likely N-dealkylation sites (tertiary alicyclic amines) is 1. The second kappa shape index (κ2) is 11.1. The molecule has 0 bridgehead atoms. The highest BCUT2D eigenvalue weighted by Gasteiger charge is 2.45. The third-order valence-corrected chi connectivity index (χ3v) is 6.37. The summed E-state index contributed by atoms with van der Waals surface area (Å²) >= 11 is 0. The number of halogens is 3. The molecule has 2 amide bonds. The molecule has 208 valence electrons. The quantitative estimate of drug-likeness (QED) is 0.357. The minimum atomic E-state index is -5.08. The second-order valence-electron chi connectivity index (χ2n) is 11.4. The molecule has 1 saturated heterocycles. The third-order valence-electron chi connectivity index (χ3n) is 6.37. The van der Waals surface area contributed by atoms with Gasteiger partial charge >= 0.3 is 18.2 Å². The average Bonchev–Trinajstić information content (AvgIpc) is 3.21. The Morgan fingerprint density at radius 1 is 1.22 bits per heavy atom. The number of nitro benzene ring substituents is 1. The predicted octanol–water partition coefficient (Wildman–Crippen LogP) is 5.73. The molecule has 0 aromatic heterocycles. The van der Waals surface area contributed by atoms with Gasteiger partial charge in [-0.15, -0.1) is 0 Å². The molecule has 0 spiro atoms. The van der Waals surface area contributed by atoms with Crippen LogP contribution in [0.3, 0.4) is 0 Å². The molecule has 9 nitrogen and oxygen atoms in total. The van der Waals surface area contributed by atoms with Gasteiger partial charge in [-0.05, 0) is 57.6 Å². The van der Waals surface area contributed by atoms with Crippen LogP contribution in [-0.4, -0.2) is 63.7 Å². The van der Waals surface area contributed by atoms with Gasteiger partial charge in [0.1, 0.15) is 11.3 Å². The number of carbonyl (C=O) groups excluding carboxylic acids is 2. The van der Waals surface area contributed by atoms with E-state index in [0.29, 0.717) is 17.9 Å². The fourth-order valence-corrected chi connectivity index (χ4v) is 4.02. The van der Waals surface area contributed by atoms with Crippen molar-refractivity contribution in [1.29, 1.82) is 0 Å². The first-order chi connectivity index (χ1) is 16.8. The summed E-state index contributed by atoms with van der Waals surface area (Å²) in [6.45, 7) is 12.3. The highest BCUT2D eigenvalue weighted by Crippen LogP contribution is 2.32. The Morgan fingerprint density at radius 2 is 1.84 bits per heavy atom. The zero-order valence-corrected chi connectivity index (χ0v) is 22.4. The smallest absolute Gasteiger partial charge is 0.444 e. The summed E-state index contributed by atoms with van der Waals surface area (Å²) in [5.41, 5.74) is -1.28. The zero-order valence-electron chi connectivity index (χ0n) is 22.4. The van der Waals surface area contributed by atoms with Crippen molar-refractivity contribution in [2.45, 2.75) is 91.7 Å². The fraction of sp³-hybridized carbons (Fsp3) is 0.680. The number of alkyl halides is 3.